The van der Waals surface area contributed by atoms with Gasteiger partial charge in [-0.2, -0.15) is 0 Å². The maximum atomic E-state index is 12.0. The van der Waals surface area contributed by atoms with E-state index in [4.69, 9.17) is 0 Å². The monoisotopic (exact) mass is 302 g/mol. The van der Waals surface area contributed by atoms with Gasteiger partial charge in [0.1, 0.15) is 0 Å². The van der Waals surface area contributed by atoms with E-state index in [1.54, 1.807) is 0 Å². The number of benzene rings is 1. The number of rotatable bonds is 6. The van der Waals surface area contributed by atoms with E-state index in [0.717, 1.165) is 25.2 Å². The number of hydrogen-bond donors (Lipinski definition) is 1. The number of fused-ring (bicyclic) bond motifs is 1. The Bertz CT molecular complexity index is 476. The number of ether oxygens (including phenoxy) is 1. The molecule has 21 heavy (non-hydrogen) atoms. The van der Waals surface area contributed by atoms with Crippen LogP contribution in [0.4, 0.5) is 18.9 Å². The third-order valence-corrected chi connectivity index (χ3v) is 3.73. The van der Waals surface area contributed by atoms with Gasteiger partial charge in [0, 0.05) is 24.8 Å². The van der Waals surface area contributed by atoms with Gasteiger partial charge in [-0.05, 0) is 37.1 Å². The minimum Gasteiger partial charge on any atom is -0.369 e. The first-order valence-electron chi connectivity index (χ1n) is 7.22. The van der Waals surface area contributed by atoms with E-state index in [-0.39, 0.29) is 19.2 Å². The second-order valence-electron chi connectivity index (χ2n) is 5.20. The van der Waals surface area contributed by atoms with Gasteiger partial charge in [-0.1, -0.05) is 19.1 Å². The quantitative estimate of drug-likeness (QED) is 0.873. The summed E-state index contributed by atoms with van der Waals surface area (Å²) < 4.78 is 39.8. The first kappa shape index (κ1) is 16.1. The standard InChI is InChI=1S/C15H21F3N2O/c1-3-19-11(2)12-4-5-14-13(10-12)6-7-20(14)8-9-21-15(16,17)18/h4-5,10-11,19H,3,6-9H2,1-2H3. The lowest BCUT2D eigenvalue weighted by Gasteiger charge is -2.20. The summed E-state index contributed by atoms with van der Waals surface area (Å²) >= 11 is 0. The molecule has 1 aliphatic heterocycles. The summed E-state index contributed by atoms with van der Waals surface area (Å²) in [4.78, 5) is 1.95. The molecule has 0 fully saturated rings. The molecule has 118 valence electrons. The Balaban J connectivity index is 1.98. The number of nitrogens with one attached hydrogen (secondary N) is 1. The minimum absolute atomic E-state index is 0.259. The summed E-state index contributed by atoms with van der Waals surface area (Å²) in [6.07, 6.45) is -3.68. The molecule has 3 nitrogen and oxygen atoms in total. The number of anilines is 1. The average Bonchev–Trinajstić information content (AvgIpc) is 2.80. The third-order valence-electron chi connectivity index (χ3n) is 3.73. The molecule has 0 amide bonds. The van der Waals surface area contributed by atoms with Crippen LogP contribution < -0.4 is 10.2 Å². The maximum Gasteiger partial charge on any atom is 0.522 e. The zero-order valence-electron chi connectivity index (χ0n) is 12.3. The van der Waals surface area contributed by atoms with Gasteiger partial charge in [0.15, 0.2) is 0 Å². The van der Waals surface area contributed by atoms with E-state index in [2.05, 4.69) is 30.0 Å². The van der Waals surface area contributed by atoms with Crippen LogP contribution in [0.1, 0.15) is 31.0 Å². The van der Waals surface area contributed by atoms with Crippen molar-refractivity contribution in [1.82, 2.24) is 5.32 Å². The molecule has 1 heterocycles. The molecule has 0 spiro atoms. The van der Waals surface area contributed by atoms with Gasteiger partial charge < -0.3 is 10.2 Å². The summed E-state index contributed by atoms with van der Waals surface area (Å²) in [5.74, 6) is 0. The van der Waals surface area contributed by atoms with Gasteiger partial charge in [-0.25, -0.2) is 0 Å². The molecule has 0 saturated heterocycles. The molecule has 0 aliphatic carbocycles. The first-order chi connectivity index (χ1) is 9.90. The van der Waals surface area contributed by atoms with Gasteiger partial charge in [-0.15, -0.1) is 13.2 Å². The second-order valence-corrected chi connectivity index (χ2v) is 5.20. The predicted molar refractivity (Wildman–Crippen MR) is 76.5 cm³/mol. The lowest BCUT2D eigenvalue weighted by Crippen LogP contribution is -2.28. The molecule has 1 aromatic carbocycles. The summed E-state index contributed by atoms with van der Waals surface area (Å²) in [5.41, 5.74) is 3.43. The van der Waals surface area contributed by atoms with Crippen LogP contribution in [-0.2, 0) is 11.2 Å². The zero-order chi connectivity index (χ0) is 15.5. The van der Waals surface area contributed by atoms with Crippen LogP contribution in [0.25, 0.3) is 0 Å². The molecule has 0 bridgehead atoms. The molecule has 0 saturated carbocycles. The highest BCUT2D eigenvalue weighted by atomic mass is 19.4. The summed E-state index contributed by atoms with van der Waals surface area (Å²) in [6.45, 7) is 5.74. The lowest BCUT2D eigenvalue weighted by atomic mass is 10.0. The van der Waals surface area contributed by atoms with Crippen molar-refractivity contribution in [1.29, 1.82) is 0 Å². The minimum atomic E-state index is -4.55. The summed E-state index contributed by atoms with van der Waals surface area (Å²) in [6, 6.07) is 6.46. The van der Waals surface area contributed by atoms with Crippen molar-refractivity contribution in [2.75, 3.05) is 31.1 Å². The van der Waals surface area contributed by atoms with E-state index in [1.165, 1.54) is 11.1 Å². The van der Waals surface area contributed by atoms with Gasteiger partial charge >= 0.3 is 6.36 Å². The van der Waals surface area contributed by atoms with E-state index < -0.39 is 6.36 Å². The Morgan fingerprint density at radius 1 is 1.38 bits per heavy atom. The van der Waals surface area contributed by atoms with E-state index in [1.807, 2.05) is 17.0 Å². The van der Waals surface area contributed by atoms with Crippen LogP contribution in [0.2, 0.25) is 0 Å². The second kappa shape index (κ2) is 6.66. The fraction of sp³-hybridized carbons (Fsp3) is 0.600. The Hall–Kier alpha value is -1.27. The van der Waals surface area contributed by atoms with Crippen LogP contribution in [0.5, 0.6) is 0 Å². The average molecular weight is 302 g/mol. The van der Waals surface area contributed by atoms with Crippen molar-refractivity contribution in [3.8, 4) is 0 Å². The smallest absolute Gasteiger partial charge is 0.369 e. The first-order valence-corrected chi connectivity index (χ1v) is 7.22. The fourth-order valence-electron chi connectivity index (χ4n) is 2.69. The lowest BCUT2D eigenvalue weighted by molar-refractivity contribution is -0.323. The molecular weight excluding hydrogens is 281 g/mol. The van der Waals surface area contributed by atoms with Crippen molar-refractivity contribution < 1.29 is 17.9 Å². The number of nitrogens with zero attached hydrogens (tertiary/aromatic N) is 1. The van der Waals surface area contributed by atoms with Crippen molar-refractivity contribution in [2.45, 2.75) is 32.7 Å². The number of hydrogen-bond acceptors (Lipinski definition) is 3. The van der Waals surface area contributed by atoms with Crippen LogP contribution in [0, 0.1) is 0 Å². The molecule has 0 aromatic heterocycles. The zero-order valence-corrected chi connectivity index (χ0v) is 12.3. The van der Waals surface area contributed by atoms with Crippen molar-refractivity contribution in [3.05, 3.63) is 29.3 Å². The molecule has 1 N–H and O–H groups in total. The predicted octanol–water partition coefficient (Wildman–Crippen LogP) is 3.26. The van der Waals surface area contributed by atoms with Crippen LogP contribution in [0.3, 0.4) is 0 Å². The molecule has 1 unspecified atom stereocenters. The molecular formula is C15H21F3N2O. The number of alkyl halides is 3. The van der Waals surface area contributed by atoms with Crippen LogP contribution in [0.15, 0.2) is 18.2 Å². The van der Waals surface area contributed by atoms with E-state index >= 15 is 0 Å². The van der Waals surface area contributed by atoms with Crippen molar-refractivity contribution in [2.24, 2.45) is 0 Å². The molecule has 0 radical (unpaired) electrons. The third kappa shape index (κ3) is 4.35. The highest BCUT2D eigenvalue weighted by molar-refractivity contribution is 5.59. The Morgan fingerprint density at radius 3 is 2.81 bits per heavy atom. The van der Waals surface area contributed by atoms with Gasteiger partial charge in [0.25, 0.3) is 0 Å². The van der Waals surface area contributed by atoms with Gasteiger partial charge in [0.2, 0.25) is 0 Å². The Kier molecular flexibility index (Phi) is 5.11. The number of halogens is 3. The summed E-state index contributed by atoms with van der Waals surface area (Å²) in [5, 5.41) is 3.36. The fourth-order valence-corrected chi connectivity index (χ4v) is 2.69. The highest BCUT2D eigenvalue weighted by Crippen LogP contribution is 2.30. The SMILES string of the molecule is CCNC(C)c1ccc2c(c1)CCN2CCOC(F)(F)F. The highest BCUT2D eigenvalue weighted by Gasteiger charge is 2.29. The van der Waals surface area contributed by atoms with Gasteiger partial charge in [-0.3, -0.25) is 4.74 Å². The Morgan fingerprint density at radius 2 is 2.14 bits per heavy atom. The Labute approximate surface area is 123 Å². The largest absolute Gasteiger partial charge is 0.522 e. The van der Waals surface area contributed by atoms with Crippen LogP contribution in [-0.4, -0.2) is 32.6 Å². The van der Waals surface area contributed by atoms with E-state index in [0.29, 0.717) is 0 Å². The van der Waals surface area contributed by atoms with Gasteiger partial charge in [0.05, 0.1) is 6.61 Å². The molecule has 2 rings (SSSR count). The molecule has 1 aliphatic rings. The van der Waals surface area contributed by atoms with Crippen molar-refractivity contribution >= 4 is 5.69 Å². The van der Waals surface area contributed by atoms with Crippen molar-refractivity contribution in [3.63, 3.8) is 0 Å². The van der Waals surface area contributed by atoms with Crippen LogP contribution >= 0.6 is 0 Å². The molecule has 1 atom stereocenters. The van der Waals surface area contributed by atoms with E-state index in [9.17, 15) is 13.2 Å². The maximum absolute atomic E-state index is 12.0. The summed E-state index contributed by atoms with van der Waals surface area (Å²) in [7, 11) is 0. The topological polar surface area (TPSA) is 24.5 Å². The molecule has 6 heteroatoms. The normalized spacial score (nSPS) is 16.1. The molecule has 1 aromatic rings.